The summed E-state index contributed by atoms with van der Waals surface area (Å²) in [6.45, 7) is 0. The van der Waals surface area contributed by atoms with Crippen molar-refractivity contribution in [2.75, 3.05) is 12.8 Å². The lowest BCUT2D eigenvalue weighted by Gasteiger charge is -2.18. The average molecular weight is 457 g/mol. The summed E-state index contributed by atoms with van der Waals surface area (Å²) in [6, 6.07) is 22.4. The molecule has 0 aliphatic rings. The van der Waals surface area contributed by atoms with E-state index in [4.69, 9.17) is 22.1 Å². The highest BCUT2D eigenvalue weighted by molar-refractivity contribution is 6.30. The summed E-state index contributed by atoms with van der Waals surface area (Å²) in [6.07, 6.45) is 0. The van der Waals surface area contributed by atoms with Gasteiger partial charge in [0.1, 0.15) is 11.8 Å². The third-order valence-electron chi connectivity index (χ3n) is 5.18. The van der Waals surface area contributed by atoms with Crippen LogP contribution in [0.25, 0.3) is 33.5 Å². The number of aromatic nitrogens is 1. The summed E-state index contributed by atoms with van der Waals surface area (Å²) in [7, 11) is 1.57. The molecule has 0 bridgehead atoms. The van der Waals surface area contributed by atoms with Crippen molar-refractivity contribution in [2.45, 2.75) is 0 Å². The van der Waals surface area contributed by atoms with Gasteiger partial charge in [-0.1, -0.05) is 48.0 Å². The molecule has 162 valence electrons. The van der Waals surface area contributed by atoms with Gasteiger partial charge >= 0.3 is 0 Å². The number of nitrogen functional groups attached to an aromatic ring is 1. The smallest absolute Gasteiger partial charge is 0.270 e. The number of methoxy groups -OCH3 is 1. The van der Waals surface area contributed by atoms with Gasteiger partial charge in [0.05, 0.1) is 23.4 Å². The number of halogens is 1. The normalized spacial score (nSPS) is 10.5. The molecule has 2 N–H and O–H groups in total. The first-order chi connectivity index (χ1) is 15.9. The first kappa shape index (κ1) is 21.8. The number of hydrogen-bond donors (Lipinski definition) is 1. The van der Waals surface area contributed by atoms with Crippen LogP contribution >= 0.6 is 11.6 Å². The van der Waals surface area contributed by atoms with E-state index in [1.807, 2.05) is 12.1 Å². The molecule has 7 nitrogen and oxygen atoms in total. The molecule has 4 rings (SSSR count). The van der Waals surface area contributed by atoms with E-state index < -0.39 is 4.92 Å². The molecular formula is C25H17ClN4O3. The summed E-state index contributed by atoms with van der Waals surface area (Å²) in [5.74, 6) is 0.661. The van der Waals surface area contributed by atoms with Crippen LogP contribution in [0.1, 0.15) is 5.69 Å². The monoisotopic (exact) mass is 456 g/mol. The summed E-state index contributed by atoms with van der Waals surface area (Å²) in [5.41, 5.74) is 10.3. The Hall–Kier alpha value is -4.41. The molecule has 8 heteroatoms. The molecule has 0 saturated heterocycles. The summed E-state index contributed by atoms with van der Waals surface area (Å²) in [4.78, 5) is 15.5. The van der Waals surface area contributed by atoms with Crippen molar-refractivity contribution >= 4 is 23.0 Å². The zero-order valence-corrected chi connectivity index (χ0v) is 18.2. The fraction of sp³-hybridized carbons (Fsp3) is 0.0400. The molecule has 33 heavy (non-hydrogen) atoms. The molecule has 0 amide bonds. The van der Waals surface area contributed by atoms with Crippen LogP contribution in [0.2, 0.25) is 5.02 Å². The standard InChI is InChI=1S/C25H17ClN4O3/c1-33-20-11-7-16(8-12-20)23-24(28)22(15-5-9-18(26)10-6-15)21(14-27)29-25(23)17-3-2-4-19(13-17)30(31)32/h2-13H,1H3,(H2,28,29). The zero-order chi connectivity index (χ0) is 23.5. The van der Waals surface area contributed by atoms with Crippen LogP contribution in [0.5, 0.6) is 5.75 Å². The van der Waals surface area contributed by atoms with Crippen LogP contribution in [-0.2, 0) is 0 Å². The molecule has 3 aromatic carbocycles. The Kier molecular flexibility index (Phi) is 5.94. The van der Waals surface area contributed by atoms with E-state index in [0.717, 1.165) is 5.56 Å². The molecule has 0 aliphatic carbocycles. The van der Waals surface area contributed by atoms with Crippen LogP contribution in [0, 0.1) is 21.4 Å². The van der Waals surface area contributed by atoms with E-state index in [1.54, 1.807) is 55.6 Å². The van der Waals surface area contributed by atoms with Gasteiger partial charge in [-0.2, -0.15) is 5.26 Å². The van der Waals surface area contributed by atoms with Gasteiger partial charge in [0.2, 0.25) is 0 Å². The summed E-state index contributed by atoms with van der Waals surface area (Å²) >= 11 is 6.04. The molecule has 0 fully saturated rings. The lowest BCUT2D eigenvalue weighted by Crippen LogP contribution is -2.04. The Balaban J connectivity index is 2.06. The molecule has 1 heterocycles. The average Bonchev–Trinajstić information content (AvgIpc) is 2.84. The number of non-ortho nitro benzene ring substituents is 1. The minimum atomic E-state index is -0.479. The Bertz CT molecular complexity index is 1400. The van der Waals surface area contributed by atoms with Crippen molar-refractivity contribution in [2.24, 2.45) is 0 Å². The van der Waals surface area contributed by atoms with Gasteiger partial charge in [0.15, 0.2) is 5.69 Å². The van der Waals surface area contributed by atoms with Gasteiger partial charge < -0.3 is 10.5 Å². The number of pyridine rings is 1. The summed E-state index contributed by atoms with van der Waals surface area (Å²) < 4.78 is 5.26. The first-order valence-electron chi connectivity index (χ1n) is 9.81. The van der Waals surface area contributed by atoms with Crippen LogP contribution in [0.3, 0.4) is 0 Å². The van der Waals surface area contributed by atoms with Gasteiger partial charge in [-0.05, 0) is 35.4 Å². The minimum Gasteiger partial charge on any atom is -0.497 e. The highest BCUT2D eigenvalue weighted by Crippen LogP contribution is 2.43. The summed E-state index contributed by atoms with van der Waals surface area (Å²) in [5, 5.41) is 21.8. The second kappa shape index (κ2) is 8.99. The van der Waals surface area contributed by atoms with Gasteiger partial charge in [-0.3, -0.25) is 10.1 Å². The van der Waals surface area contributed by atoms with E-state index in [0.29, 0.717) is 44.4 Å². The van der Waals surface area contributed by atoms with Crippen molar-refractivity contribution in [3.05, 3.63) is 93.6 Å². The largest absolute Gasteiger partial charge is 0.497 e. The number of anilines is 1. The second-order valence-corrected chi connectivity index (χ2v) is 7.56. The fourth-order valence-corrected chi connectivity index (χ4v) is 3.74. The highest BCUT2D eigenvalue weighted by atomic mass is 35.5. The third kappa shape index (κ3) is 4.20. The van der Waals surface area contributed by atoms with Gasteiger partial charge in [-0.15, -0.1) is 0 Å². The molecule has 0 saturated carbocycles. The zero-order valence-electron chi connectivity index (χ0n) is 17.4. The quantitative estimate of drug-likeness (QED) is 0.286. The lowest BCUT2D eigenvalue weighted by atomic mass is 9.91. The van der Waals surface area contributed by atoms with Crippen LogP contribution < -0.4 is 10.5 Å². The fourth-order valence-electron chi connectivity index (χ4n) is 3.62. The Morgan fingerprint density at radius 1 is 1.00 bits per heavy atom. The molecule has 1 aromatic heterocycles. The van der Waals surface area contributed by atoms with Gasteiger partial charge in [-0.25, -0.2) is 4.98 Å². The number of nitro groups is 1. The number of nitriles is 1. The number of nitro benzene ring substituents is 1. The van der Waals surface area contributed by atoms with E-state index in [9.17, 15) is 15.4 Å². The number of nitrogens with two attached hydrogens (primary N) is 1. The highest BCUT2D eigenvalue weighted by Gasteiger charge is 2.22. The first-order valence-corrected chi connectivity index (χ1v) is 10.2. The van der Waals surface area contributed by atoms with Gasteiger partial charge in [0, 0.05) is 33.8 Å². The van der Waals surface area contributed by atoms with E-state index >= 15 is 0 Å². The number of nitrogens with zero attached hydrogens (tertiary/aromatic N) is 3. The minimum absolute atomic E-state index is 0.0890. The molecule has 0 spiro atoms. The Labute approximate surface area is 194 Å². The topological polar surface area (TPSA) is 115 Å². The van der Waals surface area contributed by atoms with Crippen molar-refractivity contribution in [3.8, 4) is 45.3 Å². The van der Waals surface area contributed by atoms with Crippen molar-refractivity contribution in [1.29, 1.82) is 5.26 Å². The van der Waals surface area contributed by atoms with E-state index in [1.165, 1.54) is 12.1 Å². The Morgan fingerprint density at radius 2 is 1.64 bits per heavy atom. The van der Waals surface area contributed by atoms with Crippen molar-refractivity contribution < 1.29 is 9.66 Å². The maximum absolute atomic E-state index is 11.4. The predicted molar refractivity (Wildman–Crippen MR) is 128 cm³/mol. The van der Waals surface area contributed by atoms with Gasteiger partial charge in [0.25, 0.3) is 5.69 Å². The van der Waals surface area contributed by atoms with Crippen LogP contribution in [0.4, 0.5) is 11.4 Å². The molecule has 0 aliphatic heterocycles. The van der Waals surface area contributed by atoms with Crippen molar-refractivity contribution in [1.82, 2.24) is 4.98 Å². The molecule has 0 atom stereocenters. The Morgan fingerprint density at radius 3 is 2.24 bits per heavy atom. The lowest BCUT2D eigenvalue weighted by molar-refractivity contribution is -0.384. The van der Waals surface area contributed by atoms with Crippen LogP contribution in [-0.4, -0.2) is 17.0 Å². The SMILES string of the molecule is COc1ccc(-c2c(-c3cccc([N+](=O)[O-])c3)nc(C#N)c(-c3ccc(Cl)cc3)c2N)cc1. The number of benzene rings is 3. The van der Waals surface area contributed by atoms with E-state index in [-0.39, 0.29) is 11.4 Å². The number of ether oxygens (including phenoxy) is 1. The van der Waals surface area contributed by atoms with E-state index in [2.05, 4.69) is 11.1 Å². The predicted octanol–water partition coefficient (Wildman–Crippen LogP) is 6.11. The molecule has 0 unspecified atom stereocenters. The number of rotatable bonds is 5. The maximum atomic E-state index is 11.4. The second-order valence-electron chi connectivity index (χ2n) is 7.13. The number of hydrogen-bond acceptors (Lipinski definition) is 6. The van der Waals surface area contributed by atoms with Crippen LogP contribution in [0.15, 0.2) is 72.8 Å². The van der Waals surface area contributed by atoms with Crippen molar-refractivity contribution in [3.63, 3.8) is 0 Å². The molecule has 0 radical (unpaired) electrons. The molecular weight excluding hydrogens is 440 g/mol. The third-order valence-corrected chi connectivity index (χ3v) is 5.44. The molecule has 4 aromatic rings. The maximum Gasteiger partial charge on any atom is 0.270 e.